The van der Waals surface area contributed by atoms with Gasteiger partial charge in [-0.25, -0.2) is 0 Å². The lowest BCUT2D eigenvalue weighted by molar-refractivity contribution is -0.145. The Bertz CT molecular complexity index is 335. The Balaban J connectivity index is -0.000000281. The molecule has 0 aliphatic carbocycles. The lowest BCUT2D eigenvalue weighted by atomic mass is 10.2. The molecule has 0 aromatic heterocycles. The minimum absolute atomic E-state index is 0.0417. The fourth-order valence-corrected chi connectivity index (χ4v) is 1.20. The molecule has 7 heteroatoms. The van der Waals surface area contributed by atoms with Crippen molar-refractivity contribution >= 4 is 18.2 Å². The Kier molecular flexibility index (Phi) is 21.4. The van der Waals surface area contributed by atoms with Crippen LogP contribution in [0.3, 0.4) is 0 Å². The van der Waals surface area contributed by atoms with Crippen molar-refractivity contribution < 1.29 is 23.9 Å². The fourth-order valence-electron chi connectivity index (χ4n) is 1.20. The van der Waals surface area contributed by atoms with Gasteiger partial charge in [0, 0.05) is 33.3 Å². The highest BCUT2D eigenvalue weighted by molar-refractivity contribution is 5.94. The quantitative estimate of drug-likeness (QED) is 0.468. The van der Waals surface area contributed by atoms with Crippen LogP contribution in [0.2, 0.25) is 0 Å². The summed E-state index contributed by atoms with van der Waals surface area (Å²) in [6.07, 6.45) is 0.800. The molecule has 0 radical (unpaired) electrons. The Labute approximate surface area is 153 Å². The van der Waals surface area contributed by atoms with Gasteiger partial charge in [0.05, 0.1) is 12.2 Å². The van der Waals surface area contributed by atoms with E-state index in [1.807, 2.05) is 34.6 Å². The number of nitrogens with zero attached hydrogens (tertiary/aromatic N) is 1. The molecule has 0 unspecified atom stereocenters. The SMILES string of the molecule is CC.CCOC(=O)CC(C)=O.COC(C)(C)C.O=CN1CCNCC1. The van der Waals surface area contributed by atoms with Crippen LogP contribution in [0.1, 0.15) is 54.9 Å². The van der Waals surface area contributed by atoms with Crippen LogP contribution in [0.25, 0.3) is 0 Å². The lowest BCUT2D eigenvalue weighted by Crippen LogP contribution is -2.42. The molecule has 1 aliphatic heterocycles. The Morgan fingerprint density at radius 3 is 1.84 bits per heavy atom. The van der Waals surface area contributed by atoms with E-state index in [2.05, 4.69) is 10.1 Å². The average molecular weight is 363 g/mol. The van der Waals surface area contributed by atoms with E-state index in [4.69, 9.17) is 4.74 Å². The summed E-state index contributed by atoms with van der Waals surface area (Å²) < 4.78 is 9.43. The second kappa shape index (κ2) is 18.9. The molecule has 1 saturated heterocycles. The number of nitrogens with one attached hydrogen (secondary N) is 1. The number of rotatable bonds is 4. The van der Waals surface area contributed by atoms with Gasteiger partial charge in [0.1, 0.15) is 12.2 Å². The molecule has 7 nitrogen and oxygen atoms in total. The minimum Gasteiger partial charge on any atom is -0.466 e. The third kappa shape index (κ3) is 27.7. The monoisotopic (exact) mass is 362 g/mol. The third-order valence-electron chi connectivity index (χ3n) is 2.61. The summed E-state index contributed by atoms with van der Waals surface area (Å²) >= 11 is 0. The molecule has 0 saturated carbocycles. The van der Waals surface area contributed by atoms with Crippen LogP contribution in [0, 0.1) is 0 Å². The van der Waals surface area contributed by atoms with E-state index in [9.17, 15) is 14.4 Å². The van der Waals surface area contributed by atoms with Crippen LogP contribution in [0.5, 0.6) is 0 Å². The highest BCUT2D eigenvalue weighted by Crippen LogP contribution is 2.02. The summed E-state index contributed by atoms with van der Waals surface area (Å²) in [4.78, 5) is 32.5. The zero-order valence-electron chi connectivity index (χ0n) is 17.3. The van der Waals surface area contributed by atoms with Crippen LogP contribution in [-0.4, -0.2) is 68.6 Å². The van der Waals surface area contributed by atoms with Crippen molar-refractivity contribution in [2.45, 2.75) is 60.5 Å². The second-order valence-electron chi connectivity index (χ2n) is 5.89. The van der Waals surface area contributed by atoms with Crippen LogP contribution < -0.4 is 5.32 Å². The van der Waals surface area contributed by atoms with Crippen LogP contribution in [-0.2, 0) is 23.9 Å². The minimum atomic E-state index is -0.440. The van der Waals surface area contributed by atoms with Gasteiger partial charge in [0.25, 0.3) is 0 Å². The fraction of sp³-hybridized carbons (Fsp3) is 0.833. The van der Waals surface area contributed by atoms with Gasteiger partial charge in [-0.1, -0.05) is 13.8 Å². The number of carbonyl (C=O) groups is 3. The van der Waals surface area contributed by atoms with Gasteiger partial charge in [-0.05, 0) is 34.6 Å². The van der Waals surface area contributed by atoms with Crippen molar-refractivity contribution in [2.24, 2.45) is 0 Å². The van der Waals surface area contributed by atoms with Gasteiger partial charge in [-0.15, -0.1) is 0 Å². The number of hydrogen-bond donors (Lipinski definition) is 1. The number of hydrogen-bond acceptors (Lipinski definition) is 6. The van der Waals surface area contributed by atoms with Crippen molar-refractivity contribution in [3.63, 3.8) is 0 Å². The molecule has 0 spiro atoms. The number of ether oxygens (including phenoxy) is 2. The van der Waals surface area contributed by atoms with E-state index < -0.39 is 5.97 Å². The van der Waals surface area contributed by atoms with E-state index >= 15 is 0 Å². The summed E-state index contributed by atoms with van der Waals surface area (Å²) in [5.74, 6) is -0.599. The first-order valence-corrected chi connectivity index (χ1v) is 8.76. The molecule has 150 valence electrons. The molecule has 1 amide bonds. The molecule has 1 rings (SSSR count). The normalized spacial score (nSPS) is 12.9. The summed E-state index contributed by atoms with van der Waals surface area (Å²) in [7, 11) is 1.71. The van der Waals surface area contributed by atoms with Gasteiger partial charge in [-0.2, -0.15) is 0 Å². The molecular weight excluding hydrogens is 324 g/mol. The van der Waals surface area contributed by atoms with Crippen LogP contribution in [0.15, 0.2) is 0 Å². The van der Waals surface area contributed by atoms with Crippen molar-refractivity contribution in [2.75, 3.05) is 39.9 Å². The second-order valence-corrected chi connectivity index (χ2v) is 5.89. The number of carbonyl (C=O) groups excluding carboxylic acids is 3. The third-order valence-corrected chi connectivity index (χ3v) is 2.61. The molecular formula is C18H38N2O5. The number of methoxy groups -OCH3 is 1. The van der Waals surface area contributed by atoms with Crippen LogP contribution >= 0.6 is 0 Å². The maximum absolute atomic E-state index is 10.4. The summed E-state index contributed by atoms with van der Waals surface area (Å²) in [6.45, 7) is 17.1. The van der Waals surface area contributed by atoms with Crippen molar-refractivity contribution in [1.29, 1.82) is 0 Å². The maximum Gasteiger partial charge on any atom is 0.313 e. The Morgan fingerprint density at radius 1 is 1.16 bits per heavy atom. The molecule has 1 heterocycles. The molecule has 0 aromatic carbocycles. The van der Waals surface area contributed by atoms with Gasteiger partial charge >= 0.3 is 5.97 Å². The van der Waals surface area contributed by atoms with Gasteiger partial charge < -0.3 is 19.7 Å². The van der Waals surface area contributed by atoms with E-state index in [0.29, 0.717) is 6.61 Å². The topological polar surface area (TPSA) is 84.9 Å². The van der Waals surface area contributed by atoms with E-state index in [-0.39, 0.29) is 17.8 Å². The first kappa shape index (κ1) is 28.3. The van der Waals surface area contributed by atoms with Crippen molar-refractivity contribution in [1.82, 2.24) is 10.2 Å². The smallest absolute Gasteiger partial charge is 0.313 e. The lowest BCUT2D eigenvalue weighted by Gasteiger charge is -2.22. The number of piperazine rings is 1. The summed E-state index contributed by atoms with van der Waals surface area (Å²) in [5.41, 5.74) is 0.0417. The van der Waals surface area contributed by atoms with E-state index in [1.54, 1.807) is 18.9 Å². The van der Waals surface area contributed by atoms with Gasteiger partial charge in [0.15, 0.2) is 0 Å². The van der Waals surface area contributed by atoms with Crippen molar-refractivity contribution in [3.05, 3.63) is 0 Å². The predicted octanol–water partition coefficient (Wildman–Crippen LogP) is 2.03. The predicted molar refractivity (Wildman–Crippen MR) is 101 cm³/mol. The molecule has 1 fully saturated rings. The highest BCUT2D eigenvalue weighted by atomic mass is 16.5. The molecule has 1 aliphatic rings. The standard InChI is InChI=1S/C6H10O3.C5H10N2O.C5H12O.C2H6/c1-3-9-6(8)4-5(2)7;8-5-7-3-1-6-2-4-7;1-5(2,3)6-4;1-2/h3-4H2,1-2H3;5-6H,1-4H2;1-4H3;1-2H3. The molecule has 0 bridgehead atoms. The highest BCUT2D eigenvalue weighted by Gasteiger charge is 2.05. The molecule has 0 atom stereocenters. The van der Waals surface area contributed by atoms with Crippen molar-refractivity contribution in [3.8, 4) is 0 Å². The average Bonchev–Trinajstić information content (AvgIpc) is 2.57. The molecule has 0 aromatic rings. The largest absolute Gasteiger partial charge is 0.466 e. The number of amides is 1. The molecule has 25 heavy (non-hydrogen) atoms. The summed E-state index contributed by atoms with van der Waals surface area (Å²) in [5, 5.41) is 3.15. The zero-order chi connectivity index (χ0) is 20.3. The summed E-state index contributed by atoms with van der Waals surface area (Å²) in [6, 6.07) is 0. The van der Waals surface area contributed by atoms with Gasteiger partial charge in [-0.3, -0.25) is 14.4 Å². The van der Waals surface area contributed by atoms with Crippen LogP contribution in [0.4, 0.5) is 0 Å². The number of esters is 1. The first-order valence-electron chi connectivity index (χ1n) is 8.76. The first-order chi connectivity index (χ1) is 11.7. The zero-order valence-corrected chi connectivity index (χ0v) is 17.3. The molecule has 1 N–H and O–H groups in total. The van der Waals surface area contributed by atoms with E-state index in [1.165, 1.54) is 6.92 Å². The number of ketones is 1. The maximum atomic E-state index is 10.4. The Morgan fingerprint density at radius 2 is 1.60 bits per heavy atom. The van der Waals surface area contributed by atoms with Gasteiger partial charge in [0.2, 0.25) is 6.41 Å². The number of Topliss-reactive ketones (excluding diaryl/α,β-unsaturated/α-hetero) is 1. The Hall–Kier alpha value is -1.47. The van der Waals surface area contributed by atoms with E-state index in [0.717, 1.165) is 32.6 Å².